The molecule has 0 atom stereocenters. The predicted octanol–water partition coefficient (Wildman–Crippen LogP) is 5.95. The molecule has 0 unspecified atom stereocenters. The molecule has 0 spiro atoms. The van der Waals surface area contributed by atoms with Gasteiger partial charge in [-0.25, -0.2) is 0 Å². The maximum absolute atomic E-state index is 13.1. The number of benzene rings is 1. The second kappa shape index (κ2) is 7.42. The summed E-state index contributed by atoms with van der Waals surface area (Å²) >= 11 is 3.10. The van der Waals surface area contributed by atoms with Gasteiger partial charge in [0, 0.05) is 16.0 Å². The average Bonchev–Trinajstić information content (AvgIpc) is 3.33. The summed E-state index contributed by atoms with van der Waals surface area (Å²) in [7, 11) is 0. The van der Waals surface area contributed by atoms with E-state index in [-0.39, 0.29) is 29.5 Å². The van der Waals surface area contributed by atoms with E-state index in [1.807, 2.05) is 0 Å². The summed E-state index contributed by atoms with van der Waals surface area (Å²) in [6.07, 6.45) is -8.59. The number of halogens is 7. The Labute approximate surface area is 169 Å². The third-order valence-corrected chi connectivity index (χ3v) is 5.19. The molecule has 1 aromatic carbocycles. The van der Waals surface area contributed by atoms with E-state index in [4.69, 9.17) is 4.52 Å². The first kappa shape index (κ1) is 21.8. The first-order valence-corrected chi connectivity index (χ1v) is 9.19. The van der Waals surface area contributed by atoms with Crippen LogP contribution in [0.25, 0.3) is 0 Å². The van der Waals surface area contributed by atoms with Crippen molar-refractivity contribution in [3.8, 4) is 0 Å². The Morgan fingerprint density at radius 1 is 1.17 bits per heavy atom. The van der Waals surface area contributed by atoms with E-state index in [1.165, 1.54) is 24.4 Å². The fourth-order valence-corrected chi connectivity index (χ4v) is 3.06. The molecule has 3 rings (SSSR count). The van der Waals surface area contributed by atoms with Crippen molar-refractivity contribution in [2.45, 2.75) is 50.2 Å². The van der Waals surface area contributed by atoms with Crippen LogP contribution in [0, 0.1) is 0 Å². The minimum Gasteiger partial charge on any atom is -0.360 e. The van der Waals surface area contributed by atoms with Crippen LogP contribution in [0.4, 0.5) is 26.3 Å². The van der Waals surface area contributed by atoms with Gasteiger partial charge in [-0.15, -0.1) is 0 Å². The van der Waals surface area contributed by atoms with Crippen LogP contribution in [0.5, 0.6) is 0 Å². The fraction of sp³-hybridized carbons (Fsp3) is 0.444. The summed E-state index contributed by atoms with van der Waals surface area (Å²) in [5, 5.41) is 3.59. The van der Waals surface area contributed by atoms with Crippen molar-refractivity contribution in [1.82, 2.24) is 5.16 Å². The van der Waals surface area contributed by atoms with E-state index >= 15 is 0 Å². The van der Waals surface area contributed by atoms with Crippen molar-refractivity contribution in [3.05, 3.63) is 51.3 Å². The number of aromatic nitrogens is 1. The van der Waals surface area contributed by atoms with Crippen LogP contribution in [-0.2, 0) is 11.3 Å². The highest BCUT2D eigenvalue weighted by atomic mass is 79.9. The number of alkyl halides is 6. The van der Waals surface area contributed by atoms with Gasteiger partial charge in [-0.3, -0.25) is 4.79 Å². The van der Waals surface area contributed by atoms with Gasteiger partial charge < -0.3 is 9.26 Å². The van der Waals surface area contributed by atoms with Crippen LogP contribution in [0.1, 0.15) is 52.9 Å². The Hall–Kier alpha value is -1.88. The van der Waals surface area contributed by atoms with Crippen molar-refractivity contribution in [1.29, 1.82) is 0 Å². The molecule has 0 N–H and O–H groups in total. The zero-order valence-corrected chi connectivity index (χ0v) is 16.4. The second-order valence-electron chi connectivity index (χ2n) is 6.83. The van der Waals surface area contributed by atoms with Gasteiger partial charge in [0.25, 0.3) is 5.60 Å². The van der Waals surface area contributed by atoms with Crippen LogP contribution in [0.2, 0.25) is 0 Å². The summed E-state index contributed by atoms with van der Waals surface area (Å²) < 4.78 is 88.2. The molecular formula is C18H14BrF6NO3. The lowest BCUT2D eigenvalue weighted by molar-refractivity contribution is -0.377. The molecule has 1 saturated carbocycles. The topological polar surface area (TPSA) is 52.3 Å². The first-order chi connectivity index (χ1) is 13.3. The highest BCUT2D eigenvalue weighted by Gasteiger charge is 2.69. The van der Waals surface area contributed by atoms with Crippen LogP contribution in [-0.4, -0.2) is 28.9 Å². The van der Waals surface area contributed by atoms with Gasteiger partial charge in [-0.1, -0.05) is 21.1 Å². The number of nitrogens with zero attached hydrogens (tertiary/aromatic N) is 1. The lowest BCUT2D eigenvalue weighted by Crippen LogP contribution is -2.56. The van der Waals surface area contributed by atoms with Crippen LogP contribution in [0.15, 0.2) is 33.4 Å². The number of carbonyl (C=O) groups excluding carboxylic acids is 1. The number of hydrogen-bond donors (Lipinski definition) is 0. The third-order valence-electron chi connectivity index (χ3n) is 4.70. The molecular weight excluding hydrogens is 472 g/mol. The van der Waals surface area contributed by atoms with Crippen molar-refractivity contribution < 1.29 is 40.4 Å². The third kappa shape index (κ3) is 4.20. The standard InChI is InChI=1S/C18H14BrF6NO3/c1-16(17(20,21)22,18(23,24)25)28-8-10-6-11(19)4-5-12(10)14(27)13-7-26-29-15(13)9-2-3-9/h4-7,9H,2-3,8H2,1H3. The van der Waals surface area contributed by atoms with Gasteiger partial charge in [0.05, 0.1) is 18.4 Å². The lowest BCUT2D eigenvalue weighted by atomic mass is 9.98. The van der Waals surface area contributed by atoms with E-state index in [1.54, 1.807) is 0 Å². The molecule has 1 aromatic heterocycles. The van der Waals surface area contributed by atoms with E-state index in [0.29, 0.717) is 10.2 Å². The summed E-state index contributed by atoms with van der Waals surface area (Å²) in [5.74, 6) is -0.217. The monoisotopic (exact) mass is 485 g/mol. The smallest absolute Gasteiger partial charge is 0.360 e. The summed E-state index contributed by atoms with van der Waals surface area (Å²) in [4.78, 5) is 12.9. The minimum atomic E-state index is -5.70. The van der Waals surface area contributed by atoms with E-state index in [9.17, 15) is 31.1 Å². The van der Waals surface area contributed by atoms with Crippen molar-refractivity contribution >= 4 is 21.7 Å². The molecule has 11 heteroatoms. The minimum absolute atomic E-state index is 0.0327. The van der Waals surface area contributed by atoms with Gasteiger partial charge >= 0.3 is 12.4 Å². The van der Waals surface area contributed by atoms with Gasteiger partial charge in [0.15, 0.2) is 11.5 Å². The summed E-state index contributed by atoms with van der Waals surface area (Å²) in [5.41, 5.74) is -4.48. The largest absolute Gasteiger partial charge is 0.426 e. The molecule has 0 saturated heterocycles. The molecule has 4 nitrogen and oxygen atoms in total. The molecule has 0 bridgehead atoms. The Morgan fingerprint density at radius 3 is 2.34 bits per heavy atom. The first-order valence-electron chi connectivity index (χ1n) is 8.40. The van der Waals surface area contributed by atoms with E-state index < -0.39 is 30.3 Å². The molecule has 0 amide bonds. The SMILES string of the molecule is CC(OCc1cc(Br)ccc1C(=O)c1cnoc1C1CC1)(C(F)(F)F)C(F)(F)F. The Kier molecular flexibility index (Phi) is 5.59. The molecule has 1 heterocycles. The van der Waals surface area contributed by atoms with Crippen molar-refractivity contribution in [2.75, 3.05) is 0 Å². The molecule has 29 heavy (non-hydrogen) atoms. The predicted molar refractivity (Wildman–Crippen MR) is 91.4 cm³/mol. The Morgan fingerprint density at radius 2 is 1.79 bits per heavy atom. The van der Waals surface area contributed by atoms with Gasteiger partial charge in [-0.05, 0) is 43.5 Å². The zero-order valence-electron chi connectivity index (χ0n) is 14.8. The Balaban J connectivity index is 1.93. The highest BCUT2D eigenvalue weighted by Crippen LogP contribution is 2.46. The van der Waals surface area contributed by atoms with Gasteiger partial charge in [0.2, 0.25) is 0 Å². The molecule has 0 radical (unpaired) electrons. The van der Waals surface area contributed by atoms with Gasteiger partial charge in [-0.2, -0.15) is 26.3 Å². The van der Waals surface area contributed by atoms with Crippen LogP contribution in [0.3, 0.4) is 0 Å². The molecule has 1 fully saturated rings. The molecule has 0 aliphatic heterocycles. The van der Waals surface area contributed by atoms with E-state index in [0.717, 1.165) is 12.8 Å². The maximum Gasteiger partial charge on any atom is 0.426 e. The normalized spacial score (nSPS) is 15.6. The summed E-state index contributed by atoms with van der Waals surface area (Å²) in [6.45, 7) is -1.17. The number of hydrogen-bond acceptors (Lipinski definition) is 4. The van der Waals surface area contributed by atoms with Gasteiger partial charge in [0.1, 0.15) is 0 Å². The Bertz CT molecular complexity index is 903. The van der Waals surface area contributed by atoms with Crippen molar-refractivity contribution in [2.24, 2.45) is 0 Å². The number of ether oxygens (including phenoxy) is 1. The summed E-state index contributed by atoms with van der Waals surface area (Å²) in [6, 6.07) is 3.99. The van der Waals surface area contributed by atoms with E-state index in [2.05, 4.69) is 25.8 Å². The number of rotatable bonds is 6. The van der Waals surface area contributed by atoms with Crippen molar-refractivity contribution in [3.63, 3.8) is 0 Å². The second-order valence-corrected chi connectivity index (χ2v) is 7.74. The molecule has 1 aliphatic rings. The quantitative estimate of drug-likeness (QED) is 0.375. The maximum atomic E-state index is 13.1. The number of carbonyl (C=O) groups is 1. The molecule has 158 valence electrons. The zero-order chi connectivity index (χ0) is 21.6. The molecule has 2 aromatic rings. The highest BCUT2D eigenvalue weighted by molar-refractivity contribution is 9.10. The molecule has 1 aliphatic carbocycles. The lowest BCUT2D eigenvalue weighted by Gasteiger charge is -2.33. The average molecular weight is 486 g/mol. The van der Waals surface area contributed by atoms with Crippen LogP contribution >= 0.6 is 15.9 Å². The van der Waals surface area contributed by atoms with Crippen LogP contribution < -0.4 is 0 Å². The number of ketones is 1. The fourth-order valence-electron chi connectivity index (χ4n) is 2.65.